The number of ether oxygens (including phenoxy) is 1. The Labute approximate surface area is 96.2 Å². The van der Waals surface area contributed by atoms with Crippen molar-refractivity contribution in [2.24, 2.45) is 0 Å². The molecule has 84 valence electrons. The van der Waals surface area contributed by atoms with Gasteiger partial charge in [0.2, 0.25) is 0 Å². The van der Waals surface area contributed by atoms with E-state index in [1.807, 2.05) is 30.0 Å². The summed E-state index contributed by atoms with van der Waals surface area (Å²) in [4.78, 5) is 1.13. The summed E-state index contributed by atoms with van der Waals surface area (Å²) in [6, 6.07) is 5.80. The molecular weight excluding hydrogens is 206 g/mol. The van der Waals surface area contributed by atoms with E-state index < -0.39 is 0 Å². The zero-order chi connectivity index (χ0) is 11.1. The number of methoxy groups -OCH3 is 1. The van der Waals surface area contributed by atoms with Gasteiger partial charge >= 0.3 is 0 Å². The Morgan fingerprint density at radius 1 is 1.33 bits per heavy atom. The summed E-state index contributed by atoms with van der Waals surface area (Å²) < 4.78 is 5.17. The summed E-state index contributed by atoms with van der Waals surface area (Å²) in [6.45, 7) is 2.21. The van der Waals surface area contributed by atoms with E-state index in [-0.39, 0.29) is 0 Å². The molecule has 3 heteroatoms. The second-order valence-electron chi connectivity index (χ2n) is 3.46. The van der Waals surface area contributed by atoms with E-state index >= 15 is 0 Å². The Balaban J connectivity index is 2.51. The second kappa shape index (κ2) is 6.62. The third-order valence-corrected chi connectivity index (χ3v) is 3.38. The number of benzene rings is 1. The van der Waals surface area contributed by atoms with Crippen molar-refractivity contribution in [3.63, 3.8) is 0 Å². The summed E-state index contributed by atoms with van der Waals surface area (Å²) in [5, 5.41) is 0. The summed E-state index contributed by atoms with van der Waals surface area (Å²) >= 11 is 1.81. The fourth-order valence-corrected chi connectivity index (χ4v) is 2.30. The first-order valence-electron chi connectivity index (χ1n) is 5.34. The minimum absolute atomic E-state index is 0.845. The van der Waals surface area contributed by atoms with Crippen LogP contribution in [0.15, 0.2) is 23.1 Å². The van der Waals surface area contributed by atoms with E-state index in [9.17, 15) is 0 Å². The molecule has 0 fully saturated rings. The van der Waals surface area contributed by atoms with Gasteiger partial charge in [-0.15, -0.1) is 11.8 Å². The number of unbranched alkanes of at least 4 members (excludes halogenated alkanes) is 2. The molecule has 0 saturated carbocycles. The standard InChI is InChI=1S/C12H19NOS/c1-3-4-5-8-15-12-9-10(14-2)6-7-11(12)13/h6-7,9H,3-5,8,13H2,1-2H3. The molecule has 2 nitrogen and oxygen atoms in total. The highest BCUT2D eigenvalue weighted by atomic mass is 32.2. The maximum Gasteiger partial charge on any atom is 0.120 e. The SMILES string of the molecule is CCCCCSc1cc(OC)ccc1N. The minimum atomic E-state index is 0.845. The van der Waals surface area contributed by atoms with Crippen LogP contribution in [0, 0.1) is 0 Å². The number of hydrogen-bond acceptors (Lipinski definition) is 3. The molecule has 1 aromatic rings. The van der Waals surface area contributed by atoms with E-state index in [1.165, 1.54) is 19.3 Å². The molecule has 15 heavy (non-hydrogen) atoms. The number of rotatable bonds is 6. The first kappa shape index (κ1) is 12.2. The smallest absolute Gasteiger partial charge is 0.120 e. The first-order chi connectivity index (χ1) is 7.27. The topological polar surface area (TPSA) is 35.2 Å². The molecule has 0 aliphatic heterocycles. The van der Waals surface area contributed by atoms with E-state index in [1.54, 1.807) is 7.11 Å². The van der Waals surface area contributed by atoms with Crippen LogP contribution in [0.2, 0.25) is 0 Å². The number of hydrogen-bond donors (Lipinski definition) is 1. The van der Waals surface area contributed by atoms with Crippen molar-refractivity contribution in [1.82, 2.24) is 0 Å². The third kappa shape index (κ3) is 4.04. The Morgan fingerprint density at radius 2 is 2.13 bits per heavy atom. The molecule has 0 aromatic heterocycles. The van der Waals surface area contributed by atoms with E-state index in [0.29, 0.717) is 0 Å². The average Bonchev–Trinajstić information content (AvgIpc) is 2.26. The Hall–Kier alpha value is -0.830. The van der Waals surface area contributed by atoms with Crippen LogP contribution in [0.1, 0.15) is 26.2 Å². The average molecular weight is 225 g/mol. The van der Waals surface area contributed by atoms with Crippen LogP contribution < -0.4 is 10.5 Å². The highest BCUT2D eigenvalue weighted by molar-refractivity contribution is 7.99. The van der Waals surface area contributed by atoms with Gasteiger partial charge in [0.25, 0.3) is 0 Å². The van der Waals surface area contributed by atoms with Gasteiger partial charge in [0.1, 0.15) is 5.75 Å². The summed E-state index contributed by atoms with van der Waals surface area (Å²) in [5.74, 6) is 2.01. The van der Waals surface area contributed by atoms with Gasteiger partial charge in [-0.1, -0.05) is 19.8 Å². The molecule has 0 radical (unpaired) electrons. The van der Waals surface area contributed by atoms with Gasteiger partial charge in [0.15, 0.2) is 0 Å². The molecule has 1 rings (SSSR count). The van der Waals surface area contributed by atoms with E-state index in [4.69, 9.17) is 10.5 Å². The number of thioether (sulfide) groups is 1. The number of anilines is 1. The minimum Gasteiger partial charge on any atom is -0.497 e. The van der Waals surface area contributed by atoms with Crippen LogP contribution in [0.5, 0.6) is 5.75 Å². The quantitative estimate of drug-likeness (QED) is 0.457. The zero-order valence-corrected chi connectivity index (χ0v) is 10.3. The molecule has 1 aromatic carbocycles. The Morgan fingerprint density at radius 3 is 2.80 bits per heavy atom. The van der Waals surface area contributed by atoms with Crippen LogP contribution >= 0.6 is 11.8 Å². The molecule has 0 aliphatic rings. The third-order valence-electron chi connectivity index (χ3n) is 2.23. The van der Waals surface area contributed by atoms with Gasteiger partial charge in [-0.3, -0.25) is 0 Å². The van der Waals surface area contributed by atoms with Gasteiger partial charge in [-0.2, -0.15) is 0 Å². The van der Waals surface area contributed by atoms with Crippen molar-refractivity contribution in [3.05, 3.63) is 18.2 Å². The lowest BCUT2D eigenvalue weighted by Gasteiger charge is -2.07. The molecule has 0 saturated heterocycles. The molecule has 0 unspecified atom stereocenters. The maximum atomic E-state index is 5.88. The highest BCUT2D eigenvalue weighted by Crippen LogP contribution is 2.29. The van der Waals surface area contributed by atoms with Gasteiger partial charge in [0.05, 0.1) is 7.11 Å². The summed E-state index contributed by atoms with van der Waals surface area (Å²) in [7, 11) is 1.68. The predicted molar refractivity (Wildman–Crippen MR) is 67.7 cm³/mol. The number of nitrogens with two attached hydrogens (primary N) is 1. The van der Waals surface area contributed by atoms with Crippen molar-refractivity contribution in [2.45, 2.75) is 31.1 Å². The first-order valence-corrected chi connectivity index (χ1v) is 6.32. The number of nitrogen functional groups attached to an aromatic ring is 1. The molecule has 0 atom stereocenters. The van der Waals surface area contributed by atoms with Crippen LogP contribution in [0.25, 0.3) is 0 Å². The lowest BCUT2D eigenvalue weighted by Crippen LogP contribution is -1.91. The summed E-state index contributed by atoms with van der Waals surface area (Å²) in [5.41, 5.74) is 6.73. The normalized spacial score (nSPS) is 10.3. The molecule has 0 bridgehead atoms. The zero-order valence-electron chi connectivity index (χ0n) is 9.45. The second-order valence-corrected chi connectivity index (χ2v) is 4.60. The summed E-state index contributed by atoms with van der Waals surface area (Å²) in [6.07, 6.45) is 3.79. The van der Waals surface area contributed by atoms with Crippen LogP contribution in [-0.4, -0.2) is 12.9 Å². The van der Waals surface area contributed by atoms with Crippen molar-refractivity contribution in [2.75, 3.05) is 18.6 Å². The molecular formula is C12H19NOS. The molecule has 0 aliphatic carbocycles. The van der Waals surface area contributed by atoms with Crippen LogP contribution in [-0.2, 0) is 0 Å². The lowest BCUT2D eigenvalue weighted by molar-refractivity contribution is 0.414. The monoisotopic (exact) mass is 225 g/mol. The van der Waals surface area contributed by atoms with Gasteiger partial charge < -0.3 is 10.5 Å². The highest BCUT2D eigenvalue weighted by Gasteiger charge is 2.01. The molecule has 0 heterocycles. The van der Waals surface area contributed by atoms with Crippen molar-refractivity contribution in [1.29, 1.82) is 0 Å². The molecule has 0 amide bonds. The van der Waals surface area contributed by atoms with Gasteiger partial charge in [-0.25, -0.2) is 0 Å². The largest absolute Gasteiger partial charge is 0.497 e. The van der Waals surface area contributed by atoms with Crippen molar-refractivity contribution in [3.8, 4) is 5.75 Å². The Bertz CT molecular complexity index is 302. The predicted octanol–water partition coefficient (Wildman–Crippen LogP) is 3.56. The lowest BCUT2D eigenvalue weighted by atomic mass is 10.3. The molecule has 2 N–H and O–H groups in total. The van der Waals surface area contributed by atoms with Crippen molar-refractivity contribution >= 4 is 17.4 Å². The van der Waals surface area contributed by atoms with Crippen LogP contribution in [0.4, 0.5) is 5.69 Å². The Kier molecular flexibility index (Phi) is 5.40. The van der Waals surface area contributed by atoms with Crippen LogP contribution in [0.3, 0.4) is 0 Å². The fraction of sp³-hybridized carbons (Fsp3) is 0.500. The van der Waals surface area contributed by atoms with Gasteiger partial charge in [-0.05, 0) is 30.4 Å². The van der Waals surface area contributed by atoms with Gasteiger partial charge in [0, 0.05) is 10.6 Å². The fourth-order valence-electron chi connectivity index (χ4n) is 1.30. The molecule has 0 spiro atoms. The van der Waals surface area contributed by atoms with Crippen molar-refractivity contribution < 1.29 is 4.74 Å². The maximum absolute atomic E-state index is 5.88. The van der Waals surface area contributed by atoms with E-state index in [0.717, 1.165) is 22.1 Å². The van der Waals surface area contributed by atoms with E-state index in [2.05, 4.69) is 6.92 Å².